The van der Waals surface area contributed by atoms with Gasteiger partial charge < -0.3 is 18.9 Å². The van der Waals surface area contributed by atoms with Crippen LogP contribution < -0.4 is 5.32 Å². The first-order valence-corrected chi connectivity index (χ1v) is 9.68. The lowest BCUT2D eigenvalue weighted by molar-refractivity contribution is 0.0117. The molecule has 3 heterocycles. The predicted molar refractivity (Wildman–Crippen MR) is 107 cm³/mol. The van der Waals surface area contributed by atoms with E-state index in [0.29, 0.717) is 25.5 Å². The van der Waals surface area contributed by atoms with Crippen LogP contribution in [0.5, 0.6) is 0 Å². The van der Waals surface area contributed by atoms with Crippen molar-refractivity contribution in [2.24, 2.45) is 0 Å². The van der Waals surface area contributed by atoms with Gasteiger partial charge in [-0.05, 0) is 56.2 Å². The van der Waals surface area contributed by atoms with Crippen molar-refractivity contribution in [2.45, 2.75) is 26.8 Å². The van der Waals surface area contributed by atoms with Crippen molar-refractivity contribution in [3.05, 3.63) is 58.7 Å². The Morgan fingerprint density at radius 2 is 1.93 bits per heavy atom. The van der Waals surface area contributed by atoms with Gasteiger partial charge in [-0.25, -0.2) is 0 Å². The van der Waals surface area contributed by atoms with E-state index in [4.69, 9.17) is 13.6 Å². The summed E-state index contributed by atoms with van der Waals surface area (Å²) in [6.07, 6.45) is 1.67. The van der Waals surface area contributed by atoms with Gasteiger partial charge in [-0.1, -0.05) is 0 Å². The van der Waals surface area contributed by atoms with Crippen molar-refractivity contribution in [3.63, 3.8) is 0 Å². The van der Waals surface area contributed by atoms with Crippen molar-refractivity contribution in [2.75, 3.05) is 32.8 Å². The second kappa shape index (κ2) is 7.81. The Morgan fingerprint density at radius 3 is 2.64 bits per heavy atom. The Bertz CT molecular complexity index is 968. The van der Waals surface area contributed by atoms with Crippen LogP contribution in [0.25, 0.3) is 11.0 Å². The van der Waals surface area contributed by atoms with Crippen LogP contribution in [0.3, 0.4) is 0 Å². The third-order valence-corrected chi connectivity index (χ3v) is 5.57. The van der Waals surface area contributed by atoms with Crippen LogP contribution in [0.1, 0.15) is 39.0 Å². The number of benzene rings is 1. The standard InChI is InChI=1S/C22H26N2O4/c1-14-11-17-16(3)21(28-20(17)12-15(14)2)22(25)23-13-18(19-5-4-8-27-19)24-6-9-26-10-7-24/h4-5,8,11-12,18H,6-7,9-10,13H2,1-3H3,(H,23,25)/t18-/m0/s1. The number of rotatable bonds is 5. The summed E-state index contributed by atoms with van der Waals surface area (Å²) >= 11 is 0. The molecule has 28 heavy (non-hydrogen) atoms. The zero-order valence-corrected chi connectivity index (χ0v) is 16.6. The number of furan rings is 2. The fourth-order valence-electron chi connectivity index (χ4n) is 3.74. The fraction of sp³-hybridized carbons (Fsp3) is 0.409. The van der Waals surface area contributed by atoms with Gasteiger partial charge in [0.25, 0.3) is 5.91 Å². The Kier molecular flexibility index (Phi) is 5.24. The van der Waals surface area contributed by atoms with E-state index in [1.807, 2.05) is 32.0 Å². The molecule has 1 aromatic carbocycles. The maximum absolute atomic E-state index is 12.9. The number of nitrogens with zero attached hydrogens (tertiary/aromatic N) is 1. The Balaban J connectivity index is 1.53. The van der Waals surface area contributed by atoms with Crippen LogP contribution in [0, 0.1) is 20.8 Å². The van der Waals surface area contributed by atoms with Gasteiger partial charge in [-0.15, -0.1) is 0 Å². The molecular formula is C22H26N2O4. The molecular weight excluding hydrogens is 356 g/mol. The van der Waals surface area contributed by atoms with Crippen LogP contribution in [0.4, 0.5) is 0 Å². The van der Waals surface area contributed by atoms with E-state index < -0.39 is 0 Å². The molecule has 0 bridgehead atoms. The topological polar surface area (TPSA) is 67.9 Å². The second-order valence-electron chi connectivity index (χ2n) is 7.38. The van der Waals surface area contributed by atoms with Crippen molar-refractivity contribution in [1.82, 2.24) is 10.2 Å². The molecule has 1 amide bonds. The number of hydrogen-bond donors (Lipinski definition) is 1. The van der Waals surface area contributed by atoms with Gasteiger partial charge in [0.2, 0.25) is 0 Å². The number of ether oxygens (including phenoxy) is 1. The van der Waals surface area contributed by atoms with Crippen LogP contribution in [-0.4, -0.2) is 43.7 Å². The zero-order chi connectivity index (χ0) is 19.7. The molecule has 0 unspecified atom stereocenters. The van der Waals surface area contributed by atoms with E-state index in [0.717, 1.165) is 40.9 Å². The van der Waals surface area contributed by atoms with Crippen LogP contribution >= 0.6 is 0 Å². The van der Waals surface area contributed by atoms with Crippen LogP contribution in [0.2, 0.25) is 0 Å². The Labute approximate surface area is 164 Å². The van der Waals surface area contributed by atoms with Crippen molar-refractivity contribution in [1.29, 1.82) is 0 Å². The number of amides is 1. The quantitative estimate of drug-likeness (QED) is 0.728. The van der Waals surface area contributed by atoms with E-state index in [9.17, 15) is 4.79 Å². The van der Waals surface area contributed by atoms with Crippen molar-refractivity contribution in [3.8, 4) is 0 Å². The van der Waals surface area contributed by atoms with E-state index in [2.05, 4.69) is 23.2 Å². The largest absolute Gasteiger partial charge is 0.468 e. The average Bonchev–Trinajstić information content (AvgIpc) is 3.33. The summed E-state index contributed by atoms with van der Waals surface area (Å²) in [5, 5.41) is 4.03. The number of hydrogen-bond acceptors (Lipinski definition) is 5. The van der Waals surface area contributed by atoms with E-state index in [1.165, 1.54) is 5.56 Å². The SMILES string of the molecule is Cc1cc2oc(C(=O)NC[C@@H](c3ccco3)N3CCOCC3)c(C)c2cc1C. The fourth-order valence-corrected chi connectivity index (χ4v) is 3.74. The average molecular weight is 382 g/mol. The number of aryl methyl sites for hydroxylation is 3. The van der Waals surface area contributed by atoms with Gasteiger partial charge in [0.15, 0.2) is 5.76 Å². The summed E-state index contributed by atoms with van der Waals surface area (Å²) < 4.78 is 17.0. The molecule has 1 aliphatic rings. The van der Waals surface area contributed by atoms with E-state index in [-0.39, 0.29) is 11.9 Å². The van der Waals surface area contributed by atoms with Gasteiger partial charge in [0.1, 0.15) is 11.3 Å². The highest BCUT2D eigenvalue weighted by atomic mass is 16.5. The summed E-state index contributed by atoms with van der Waals surface area (Å²) in [5.74, 6) is 1.02. The lowest BCUT2D eigenvalue weighted by atomic mass is 10.0. The highest BCUT2D eigenvalue weighted by Gasteiger charge is 2.26. The monoisotopic (exact) mass is 382 g/mol. The van der Waals surface area contributed by atoms with Gasteiger partial charge >= 0.3 is 0 Å². The minimum Gasteiger partial charge on any atom is -0.468 e. The first-order chi connectivity index (χ1) is 13.5. The van der Waals surface area contributed by atoms with Crippen molar-refractivity contribution >= 4 is 16.9 Å². The Hall–Kier alpha value is -2.57. The molecule has 2 aromatic heterocycles. The number of fused-ring (bicyclic) bond motifs is 1. The number of nitrogens with one attached hydrogen (secondary N) is 1. The molecule has 0 saturated carbocycles. The number of carbonyl (C=O) groups is 1. The predicted octanol–water partition coefficient (Wildman–Crippen LogP) is 3.75. The molecule has 3 aromatic rings. The molecule has 0 aliphatic carbocycles. The molecule has 1 saturated heterocycles. The lowest BCUT2D eigenvalue weighted by Gasteiger charge is -2.33. The first kappa shape index (κ1) is 18.8. The van der Waals surface area contributed by atoms with Gasteiger partial charge in [-0.2, -0.15) is 0 Å². The summed E-state index contributed by atoms with van der Waals surface area (Å²) in [6, 6.07) is 7.87. The normalized spacial score (nSPS) is 16.4. The van der Waals surface area contributed by atoms with Crippen LogP contribution in [0.15, 0.2) is 39.4 Å². The molecule has 0 radical (unpaired) electrons. The molecule has 1 atom stereocenters. The molecule has 0 spiro atoms. The molecule has 4 rings (SSSR count). The van der Waals surface area contributed by atoms with Gasteiger partial charge in [0.05, 0.1) is 25.5 Å². The minimum absolute atomic E-state index is 0.0305. The summed E-state index contributed by atoms with van der Waals surface area (Å²) in [7, 11) is 0. The third-order valence-electron chi connectivity index (χ3n) is 5.57. The smallest absolute Gasteiger partial charge is 0.287 e. The highest BCUT2D eigenvalue weighted by Crippen LogP contribution is 2.28. The number of morpholine rings is 1. The lowest BCUT2D eigenvalue weighted by Crippen LogP contribution is -2.43. The van der Waals surface area contributed by atoms with Crippen LogP contribution in [-0.2, 0) is 4.74 Å². The molecule has 6 heteroatoms. The molecule has 148 valence electrons. The van der Waals surface area contributed by atoms with Gasteiger partial charge in [0, 0.05) is 30.6 Å². The molecule has 1 aliphatic heterocycles. The molecule has 1 fully saturated rings. The summed E-state index contributed by atoms with van der Waals surface area (Å²) in [6.45, 7) is 9.48. The van der Waals surface area contributed by atoms with Crippen molar-refractivity contribution < 1.29 is 18.4 Å². The number of carbonyl (C=O) groups excluding carboxylic acids is 1. The zero-order valence-electron chi connectivity index (χ0n) is 16.6. The first-order valence-electron chi connectivity index (χ1n) is 9.68. The Morgan fingerprint density at radius 1 is 1.18 bits per heavy atom. The summed E-state index contributed by atoms with van der Waals surface area (Å²) in [4.78, 5) is 15.2. The maximum Gasteiger partial charge on any atom is 0.287 e. The second-order valence-corrected chi connectivity index (χ2v) is 7.38. The van der Waals surface area contributed by atoms with E-state index in [1.54, 1.807) is 6.26 Å². The minimum atomic E-state index is -0.200. The molecule has 1 N–H and O–H groups in total. The highest BCUT2D eigenvalue weighted by molar-refractivity contribution is 5.99. The third kappa shape index (κ3) is 3.57. The van der Waals surface area contributed by atoms with Gasteiger partial charge in [-0.3, -0.25) is 9.69 Å². The van der Waals surface area contributed by atoms with E-state index >= 15 is 0 Å². The molecule has 6 nitrogen and oxygen atoms in total. The maximum atomic E-state index is 12.9. The summed E-state index contributed by atoms with van der Waals surface area (Å²) in [5.41, 5.74) is 3.96.